The van der Waals surface area contributed by atoms with Gasteiger partial charge in [-0.05, 0) is 12.1 Å². The fourth-order valence-electron chi connectivity index (χ4n) is 2.72. The molecule has 0 saturated carbocycles. The van der Waals surface area contributed by atoms with Gasteiger partial charge in [0.1, 0.15) is 11.0 Å². The number of nitrogens with one attached hydrogen (secondary N) is 1. The Balaban J connectivity index is 2.15. The zero-order valence-corrected chi connectivity index (χ0v) is 13.3. The highest BCUT2D eigenvalue weighted by Crippen LogP contribution is 2.28. The van der Waals surface area contributed by atoms with Gasteiger partial charge in [-0.1, -0.05) is 42.5 Å². The number of benzene rings is 2. The molecule has 2 aromatic heterocycles. The molecule has 0 aliphatic carbocycles. The van der Waals surface area contributed by atoms with Crippen molar-refractivity contribution in [2.45, 2.75) is 6.92 Å². The van der Waals surface area contributed by atoms with E-state index in [1.165, 1.54) is 6.92 Å². The van der Waals surface area contributed by atoms with Crippen molar-refractivity contribution in [3.8, 4) is 11.4 Å². The van der Waals surface area contributed by atoms with Crippen LogP contribution in [0.2, 0.25) is 0 Å². The van der Waals surface area contributed by atoms with E-state index in [0.29, 0.717) is 22.3 Å². The first-order valence-corrected chi connectivity index (χ1v) is 7.70. The predicted octanol–water partition coefficient (Wildman–Crippen LogP) is 3.36. The van der Waals surface area contributed by atoms with Crippen LogP contribution in [0, 0.1) is 0 Å². The van der Waals surface area contributed by atoms with E-state index in [2.05, 4.69) is 15.3 Å². The fourth-order valence-corrected chi connectivity index (χ4v) is 2.72. The predicted molar refractivity (Wildman–Crippen MR) is 95.3 cm³/mol. The van der Waals surface area contributed by atoms with Gasteiger partial charge in [-0.15, -0.1) is 0 Å². The molecule has 1 amide bonds. The Bertz CT molecular complexity index is 1170. The Morgan fingerprint density at radius 1 is 1.00 bits per heavy atom. The molecule has 6 nitrogen and oxygen atoms in total. The molecule has 1 N–H and O–H groups in total. The number of carbonyl (C=O) groups is 1. The Hall–Kier alpha value is -3.54. The van der Waals surface area contributed by atoms with Crippen molar-refractivity contribution in [3.05, 3.63) is 65.0 Å². The van der Waals surface area contributed by atoms with Crippen molar-refractivity contribution in [2.24, 2.45) is 0 Å². The molecule has 0 atom stereocenters. The molecule has 25 heavy (non-hydrogen) atoms. The van der Waals surface area contributed by atoms with Crippen molar-refractivity contribution in [1.29, 1.82) is 0 Å². The van der Waals surface area contributed by atoms with Crippen molar-refractivity contribution >= 4 is 33.6 Å². The summed E-state index contributed by atoms with van der Waals surface area (Å²) in [6.45, 7) is 1.36. The van der Waals surface area contributed by atoms with Crippen molar-refractivity contribution < 1.29 is 9.21 Å². The molecule has 0 aliphatic rings. The van der Waals surface area contributed by atoms with Gasteiger partial charge in [-0.3, -0.25) is 4.79 Å². The van der Waals surface area contributed by atoms with Crippen molar-refractivity contribution in [3.63, 3.8) is 0 Å². The molecule has 2 heterocycles. The first-order chi connectivity index (χ1) is 12.1. The smallest absolute Gasteiger partial charge is 0.349 e. The normalized spacial score (nSPS) is 10.9. The summed E-state index contributed by atoms with van der Waals surface area (Å²) >= 11 is 0. The molecule has 6 heteroatoms. The van der Waals surface area contributed by atoms with Gasteiger partial charge in [-0.2, -0.15) is 0 Å². The summed E-state index contributed by atoms with van der Waals surface area (Å²) in [7, 11) is 0. The van der Waals surface area contributed by atoms with Crippen LogP contribution in [0.3, 0.4) is 0 Å². The van der Waals surface area contributed by atoms with E-state index >= 15 is 0 Å². The van der Waals surface area contributed by atoms with E-state index in [0.717, 1.165) is 5.56 Å². The average Bonchev–Trinajstić information content (AvgIpc) is 2.61. The van der Waals surface area contributed by atoms with Crippen LogP contribution < -0.4 is 10.9 Å². The fraction of sp³-hybridized carbons (Fsp3) is 0.0526. The Kier molecular flexibility index (Phi) is 3.50. The molecule has 122 valence electrons. The maximum atomic E-state index is 12.4. The van der Waals surface area contributed by atoms with E-state index in [1.807, 2.05) is 42.5 Å². The summed E-state index contributed by atoms with van der Waals surface area (Å²) in [6, 6.07) is 16.5. The number of amides is 1. The third-order valence-corrected chi connectivity index (χ3v) is 3.78. The van der Waals surface area contributed by atoms with E-state index in [1.54, 1.807) is 12.1 Å². The van der Waals surface area contributed by atoms with E-state index < -0.39 is 5.63 Å². The van der Waals surface area contributed by atoms with Gasteiger partial charge in [-0.25, -0.2) is 14.8 Å². The van der Waals surface area contributed by atoms with Gasteiger partial charge in [0.2, 0.25) is 5.91 Å². The number of hydrogen-bond donors (Lipinski definition) is 1. The minimum absolute atomic E-state index is 0.149. The van der Waals surface area contributed by atoms with E-state index in [4.69, 9.17) is 4.42 Å². The summed E-state index contributed by atoms with van der Waals surface area (Å²) in [6.07, 6.45) is 0. The first-order valence-electron chi connectivity index (χ1n) is 7.70. The monoisotopic (exact) mass is 331 g/mol. The number of aromatic nitrogens is 2. The average molecular weight is 331 g/mol. The number of hydrogen-bond acceptors (Lipinski definition) is 5. The third kappa shape index (κ3) is 2.63. The van der Waals surface area contributed by atoms with Crippen molar-refractivity contribution in [1.82, 2.24) is 9.97 Å². The standard InChI is InChI=1S/C19H13N3O3/c1-11(23)20-18-15-16(13-9-5-6-10-14(13)25-19(15)24)21-17(22-18)12-7-3-2-4-8-12/h2-10H,1H3,(H,20,21,22,23). The molecule has 0 bridgehead atoms. The number of anilines is 1. The minimum atomic E-state index is -0.586. The van der Waals surface area contributed by atoms with Crippen LogP contribution in [0.25, 0.3) is 33.3 Å². The number of fused-ring (bicyclic) bond motifs is 3. The van der Waals surface area contributed by atoms with Crippen LogP contribution >= 0.6 is 0 Å². The van der Waals surface area contributed by atoms with Crippen LogP contribution in [-0.4, -0.2) is 15.9 Å². The zero-order chi connectivity index (χ0) is 17.4. The topological polar surface area (TPSA) is 85.1 Å². The first kappa shape index (κ1) is 15.0. The van der Waals surface area contributed by atoms with Crippen molar-refractivity contribution in [2.75, 3.05) is 5.32 Å². The summed E-state index contributed by atoms with van der Waals surface area (Å²) in [5.74, 6) is 0.245. The Morgan fingerprint density at radius 2 is 1.72 bits per heavy atom. The SMILES string of the molecule is CC(=O)Nc1nc(-c2ccccc2)nc2c1c(=O)oc1ccccc12. The van der Waals surface area contributed by atoms with Crippen LogP contribution in [0.1, 0.15) is 6.92 Å². The van der Waals surface area contributed by atoms with Gasteiger partial charge in [0.25, 0.3) is 0 Å². The van der Waals surface area contributed by atoms with E-state index in [-0.39, 0.29) is 17.1 Å². The molecule has 0 aliphatic heterocycles. The molecule has 0 unspecified atom stereocenters. The maximum Gasteiger partial charge on any atom is 0.349 e. The highest BCUT2D eigenvalue weighted by atomic mass is 16.4. The molecule has 2 aromatic carbocycles. The number of carbonyl (C=O) groups excluding carboxylic acids is 1. The summed E-state index contributed by atoms with van der Waals surface area (Å²) in [4.78, 5) is 33.0. The maximum absolute atomic E-state index is 12.4. The summed E-state index contributed by atoms with van der Waals surface area (Å²) in [5, 5.41) is 3.46. The number of rotatable bonds is 2. The Labute approximate surface area is 142 Å². The van der Waals surface area contributed by atoms with Gasteiger partial charge in [0, 0.05) is 17.9 Å². The summed E-state index contributed by atoms with van der Waals surface area (Å²) in [5.41, 5.74) is 1.08. The second-order valence-corrected chi connectivity index (χ2v) is 5.55. The van der Waals surface area contributed by atoms with Gasteiger partial charge in [0.15, 0.2) is 11.6 Å². The highest BCUT2D eigenvalue weighted by Gasteiger charge is 2.17. The Morgan fingerprint density at radius 3 is 2.48 bits per heavy atom. The minimum Gasteiger partial charge on any atom is -0.422 e. The van der Waals surface area contributed by atoms with Gasteiger partial charge >= 0.3 is 5.63 Å². The number of para-hydroxylation sites is 1. The van der Waals surface area contributed by atoms with Gasteiger partial charge < -0.3 is 9.73 Å². The second kappa shape index (κ2) is 5.83. The summed E-state index contributed by atoms with van der Waals surface area (Å²) < 4.78 is 5.36. The number of nitrogens with zero attached hydrogens (tertiary/aromatic N) is 2. The molecular weight excluding hydrogens is 318 g/mol. The van der Waals surface area contributed by atoms with Crippen LogP contribution in [0.15, 0.2) is 63.8 Å². The molecule has 4 aromatic rings. The lowest BCUT2D eigenvalue weighted by Gasteiger charge is -2.09. The molecule has 0 saturated heterocycles. The molecular formula is C19H13N3O3. The van der Waals surface area contributed by atoms with Crippen LogP contribution in [-0.2, 0) is 4.79 Å². The van der Waals surface area contributed by atoms with Gasteiger partial charge in [0.05, 0.1) is 5.52 Å². The quantitative estimate of drug-likeness (QED) is 0.450. The zero-order valence-electron chi connectivity index (χ0n) is 13.3. The lowest BCUT2D eigenvalue weighted by Crippen LogP contribution is -2.13. The lowest BCUT2D eigenvalue weighted by atomic mass is 10.1. The lowest BCUT2D eigenvalue weighted by molar-refractivity contribution is -0.114. The second-order valence-electron chi connectivity index (χ2n) is 5.55. The largest absolute Gasteiger partial charge is 0.422 e. The molecule has 0 spiro atoms. The molecule has 4 rings (SSSR count). The van der Waals surface area contributed by atoms with Crippen LogP contribution in [0.5, 0.6) is 0 Å². The molecule has 0 radical (unpaired) electrons. The van der Waals surface area contributed by atoms with E-state index in [9.17, 15) is 9.59 Å². The van der Waals surface area contributed by atoms with Crippen LogP contribution in [0.4, 0.5) is 5.82 Å². The molecule has 0 fully saturated rings. The highest BCUT2D eigenvalue weighted by molar-refractivity contribution is 6.08. The third-order valence-electron chi connectivity index (χ3n) is 3.78.